The molecule has 29 heavy (non-hydrogen) atoms. The minimum absolute atomic E-state index is 0.0270. The number of amides is 2. The van der Waals surface area contributed by atoms with Gasteiger partial charge < -0.3 is 9.80 Å². The third-order valence-electron chi connectivity index (χ3n) is 5.86. The molecule has 1 spiro atoms. The Hall–Kier alpha value is -2.84. The molecule has 7 nitrogen and oxygen atoms in total. The van der Waals surface area contributed by atoms with E-state index in [1.54, 1.807) is 17.3 Å². The molecule has 0 aromatic carbocycles. The topological polar surface area (TPSA) is 71.3 Å². The van der Waals surface area contributed by atoms with Gasteiger partial charge in [-0.3, -0.25) is 19.3 Å². The molecule has 9 heteroatoms. The van der Waals surface area contributed by atoms with Crippen LogP contribution in [0.5, 0.6) is 0 Å². The van der Waals surface area contributed by atoms with Crippen molar-refractivity contribution in [2.75, 3.05) is 19.6 Å². The molecule has 2 aliphatic heterocycles. The Morgan fingerprint density at radius 1 is 1.31 bits per heavy atom. The van der Waals surface area contributed by atoms with Gasteiger partial charge in [-0.15, -0.1) is 0 Å². The second-order valence-corrected chi connectivity index (χ2v) is 7.85. The Morgan fingerprint density at radius 3 is 2.86 bits per heavy atom. The standard InChI is InChI=1S/C20H23F2N5O2/c1-25-12-15(16(24-25)17(21)22)18(28)27-8-3-5-20(13-27)6-9-26(19(20)29)11-14-4-2-7-23-10-14/h2,4,7,10,12,17H,3,5-6,8-9,11,13H2,1H3/t20-/m0/s1. The van der Waals surface area contributed by atoms with Crippen LogP contribution in [0, 0.1) is 5.41 Å². The number of nitrogens with zero attached hydrogens (tertiary/aromatic N) is 5. The maximum atomic E-state index is 13.3. The lowest BCUT2D eigenvalue weighted by Crippen LogP contribution is -2.49. The maximum absolute atomic E-state index is 13.3. The number of piperidine rings is 1. The number of pyridine rings is 1. The third-order valence-corrected chi connectivity index (χ3v) is 5.86. The first-order valence-corrected chi connectivity index (χ1v) is 9.69. The van der Waals surface area contributed by atoms with Crippen molar-refractivity contribution in [1.29, 1.82) is 0 Å². The monoisotopic (exact) mass is 403 g/mol. The van der Waals surface area contributed by atoms with Gasteiger partial charge in [0.1, 0.15) is 5.69 Å². The predicted octanol–water partition coefficient (Wildman–Crippen LogP) is 2.41. The van der Waals surface area contributed by atoms with E-state index >= 15 is 0 Å². The molecule has 0 N–H and O–H groups in total. The van der Waals surface area contributed by atoms with Crippen LogP contribution in [0.15, 0.2) is 30.7 Å². The van der Waals surface area contributed by atoms with Crippen molar-refractivity contribution < 1.29 is 18.4 Å². The molecule has 0 radical (unpaired) electrons. The van der Waals surface area contributed by atoms with Crippen LogP contribution in [0.25, 0.3) is 0 Å². The van der Waals surface area contributed by atoms with E-state index in [-0.39, 0.29) is 18.0 Å². The van der Waals surface area contributed by atoms with Crippen LogP contribution in [0.3, 0.4) is 0 Å². The average Bonchev–Trinajstić information content (AvgIpc) is 3.24. The van der Waals surface area contributed by atoms with E-state index in [4.69, 9.17) is 0 Å². The van der Waals surface area contributed by atoms with Crippen molar-refractivity contribution in [1.82, 2.24) is 24.6 Å². The van der Waals surface area contributed by atoms with Crippen LogP contribution < -0.4 is 0 Å². The van der Waals surface area contributed by atoms with E-state index < -0.39 is 23.4 Å². The van der Waals surface area contributed by atoms with Gasteiger partial charge in [-0.25, -0.2) is 8.78 Å². The summed E-state index contributed by atoms with van der Waals surface area (Å²) in [5.74, 6) is -0.454. The predicted molar refractivity (Wildman–Crippen MR) is 100 cm³/mol. The molecule has 1 atom stereocenters. The van der Waals surface area contributed by atoms with E-state index in [1.807, 2.05) is 12.1 Å². The summed E-state index contributed by atoms with van der Waals surface area (Å²) in [4.78, 5) is 33.6. The molecular weight excluding hydrogens is 380 g/mol. The Kier molecular flexibility index (Phi) is 5.06. The van der Waals surface area contributed by atoms with Crippen LogP contribution >= 0.6 is 0 Å². The largest absolute Gasteiger partial charge is 0.338 e. The fraction of sp³-hybridized carbons (Fsp3) is 0.500. The number of carbonyl (C=O) groups is 2. The highest BCUT2D eigenvalue weighted by atomic mass is 19.3. The van der Waals surface area contributed by atoms with Crippen molar-refractivity contribution in [2.45, 2.75) is 32.2 Å². The van der Waals surface area contributed by atoms with Gasteiger partial charge in [0.15, 0.2) is 0 Å². The lowest BCUT2D eigenvalue weighted by Gasteiger charge is -2.39. The smallest absolute Gasteiger partial charge is 0.282 e. The normalized spacial score (nSPS) is 22.1. The summed E-state index contributed by atoms with van der Waals surface area (Å²) < 4.78 is 27.8. The number of aromatic nitrogens is 3. The summed E-state index contributed by atoms with van der Waals surface area (Å²) in [5, 5.41) is 3.73. The molecule has 2 fully saturated rings. The lowest BCUT2D eigenvalue weighted by molar-refractivity contribution is -0.138. The summed E-state index contributed by atoms with van der Waals surface area (Å²) >= 11 is 0. The molecule has 0 bridgehead atoms. The van der Waals surface area contributed by atoms with E-state index in [9.17, 15) is 18.4 Å². The Morgan fingerprint density at radius 2 is 2.14 bits per heavy atom. The first-order chi connectivity index (χ1) is 13.9. The van der Waals surface area contributed by atoms with E-state index in [1.165, 1.54) is 22.8 Å². The molecule has 0 unspecified atom stereocenters. The fourth-order valence-electron chi connectivity index (χ4n) is 4.44. The number of alkyl halides is 2. The molecule has 2 aliphatic rings. The van der Waals surface area contributed by atoms with Gasteiger partial charge in [-0.1, -0.05) is 6.07 Å². The molecule has 2 aromatic heterocycles. The minimum Gasteiger partial charge on any atom is -0.338 e. The zero-order chi connectivity index (χ0) is 20.6. The molecule has 2 saturated heterocycles. The molecule has 2 aromatic rings. The second kappa shape index (κ2) is 7.53. The van der Waals surface area contributed by atoms with Crippen LogP contribution in [-0.4, -0.2) is 56.0 Å². The molecule has 4 rings (SSSR count). The Bertz CT molecular complexity index is 917. The van der Waals surface area contributed by atoms with Crippen LogP contribution in [0.1, 0.15) is 47.3 Å². The number of rotatable bonds is 4. The number of aryl methyl sites for hydroxylation is 1. The van der Waals surface area contributed by atoms with Gasteiger partial charge in [0.05, 0.1) is 11.0 Å². The fourth-order valence-corrected chi connectivity index (χ4v) is 4.44. The highest BCUT2D eigenvalue weighted by molar-refractivity contribution is 5.96. The summed E-state index contributed by atoms with van der Waals surface area (Å²) in [5.41, 5.74) is -0.271. The van der Waals surface area contributed by atoms with E-state index in [0.717, 1.165) is 5.56 Å². The molecule has 0 aliphatic carbocycles. The first-order valence-electron chi connectivity index (χ1n) is 9.69. The Labute approximate surface area is 167 Å². The van der Waals surface area contributed by atoms with Crippen molar-refractivity contribution in [2.24, 2.45) is 12.5 Å². The zero-order valence-corrected chi connectivity index (χ0v) is 16.2. The highest BCUT2D eigenvalue weighted by Crippen LogP contribution is 2.41. The number of halogens is 2. The molecule has 4 heterocycles. The van der Waals surface area contributed by atoms with Crippen molar-refractivity contribution in [3.63, 3.8) is 0 Å². The first kappa shape index (κ1) is 19.5. The third kappa shape index (κ3) is 3.61. The Balaban J connectivity index is 1.51. The number of likely N-dealkylation sites (tertiary alicyclic amines) is 2. The lowest BCUT2D eigenvalue weighted by atomic mass is 9.78. The number of hydrogen-bond acceptors (Lipinski definition) is 4. The van der Waals surface area contributed by atoms with Crippen molar-refractivity contribution in [3.05, 3.63) is 47.5 Å². The van der Waals surface area contributed by atoms with Crippen LogP contribution in [-0.2, 0) is 18.4 Å². The van der Waals surface area contributed by atoms with Gasteiger partial charge in [-0.05, 0) is 30.9 Å². The van der Waals surface area contributed by atoms with Gasteiger partial charge in [0.25, 0.3) is 12.3 Å². The molecule has 0 saturated carbocycles. The zero-order valence-electron chi connectivity index (χ0n) is 16.2. The van der Waals surface area contributed by atoms with Gasteiger partial charge >= 0.3 is 0 Å². The van der Waals surface area contributed by atoms with Crippen molar-refractivity contribution >= 4 is 11.8 Å². The summed E-state index contributed by atoms with van der Waals surface area (Å²) in [6.07, 6.45) is 3.96. The van der Waals surface area contributed by atoms with Crippen LogP contribution in [0.4, 0.5) is 8.78 Å². The van der Waals surface area contributed by atoms with E-state index in [0.29, 0.717) is 38.9 Å². The number of hydrogen-bond donors (Lipinski definition) is 0. The SMILES string of the molecule is Cn1cc(C(=O)N2CCC[C@]3(CCN(Cc4cccnc4)C3=O)C2)c(C(F)F)n1. The highest BCUT2D eigenvalue weighted by Gasteiger charge is 2.49. The average molecular weight is 403 g/mol. The summed E-state index contributed by atoms with van der Waals surface area (Å²) in [7, 11) is 1.51. The molecule has 154 valence electrons. The van der Waals surface area contributed by atoms with Gasteiger partial charge in [0.2, 0.25) is 5.91 Å². The van der Waals surface area contributed by atoms with E-state index in [2.05, 4.69) is 10.1 Å². The second-order valence-electron chi connectivity index (χ2n) is 7.85. The summed E-state index contributed by atoms with van der Waals surface area (Å²) in [6.45, 7) is 1.81. The van der Waals surface area contributed by atoms with Gasteiger partial charge in [0, 0.05) is 51.8 Å². The number of carbonyl (C=O) groups excluding carboxylic acids is 2. The maximum Gasteiger partial charge on any atom is 0.282 e. The quantitative estimate of drug-likeness (QED) is 0.786. The summed E-state index contributed by atoms with van der Waals surface area (Å²) in [6, 6.07) is 3.76. The molecule has 2 amide bonds. The van der Waals surface area contributed by atoms with Crippen molar-refractivity contribution in [3.8, 4) is 0 Å². The molecular formula is C20H23F2N5O2. The van der Waals surface area contributed by atoms with Gasteiger partial charge in [-0.2, -0.15) is 5.10 Å². The minimum atomic E-state index is -2.82. The van der Waals surface area contributed by atoms with Crippen LogP contribution in [0.2, 0.25) is 0 Å².